The molecule has 0 aliphatic carbocycles. The van der Waals surface area contributed by atoms with Crippen molar-refractivity contribution in [3.63, 3.8) is 0 Å². The van der Waals surface area contributed by atoms with Crippen molar-refractivity contribution < 1.29 is 14.7 Å². The van der Waals surface area contributed by atoms with Crippen molar-refractivity contribution in [1.82, 2.24) is 0 Å². The number of hydrogen-bond acceptors (Lipinski definition) is 4. The Balaban J connectivity index is 2.30. The molecule has 2 rings (SSSR count). The van der Waals surface area contributed by atoms with Crippen LogP contribution in [0.25, 0.3) is 0 Å². The Kier molecular flexibility index (Phi) is 4.46. The molecule has 0 unspecified atom stereocenters. The summed E-state index contributed by atoms with van der Waals surface area (Å²) in [7, 11) is 0. The number of carboxylic acids is 1. The largest absolute Gasteiger partial charge is 0.478 e. The third kappa shape index (κ3) is 3.02. The van der Waals surface area contributed by atoms with Gasteiger partial charge in [0.05, 0.1) is 11.1 Å². The van der Waals surface area contributed by atoms with Gasteiger partial charge in [0.15, 0.2) is 0 Å². The summed E-state index contributed by atoms with van der Waals surface area (Å²) in [4.78, 5) is 25.1. The number of aryl methyl sites for hydroxylation is 1. The number of thiophene rings is 1. The first-order chi connectivity index (χ1) is 9.52. The predicted molar refractivity (Wildman–Crippen MR) is 82.2 cm³/mol. The molecule has 2 aromatic rings. The van der Waals surface area contributed by atoms with Gasteiger partial charge in [-0.1, -0.05) is 12.1 Å². The van der Waals surface area contributed by atoms with Crippen molar-refractivity contribution in [2.45, 2.75) is 11.8 Å². The molecule has 1 aromatic carbocycles. The number of amides is 1. The second kappa shape index (κ2) is 6.11. The number of anilines is 1. The van der Waals surface area contributed by atoms with Crippen LogP contribution in [0.15, 0.2) is 35.2 Å². The van der Waals surface area contributed by atoms with Gasteiger partial charge < -0.3 is 10.4 Å². The lowest BCUT2D eigenvalue weighted by Crippen LogP contribution is -2.14. The van der Waals surface area contributed by atoms with Crippen LogP contribution in [-0.2, 0) is 0 Å². The summed E-state index contributed by atoms with van der Waals surface area (Å²) in [5.41, 5.74) is 0.671. The van der Waals surface area contributed by atoms with E-state index in [0.717, 1.165) is 9.77 Å². The quantitative estimate of drug-likeness (QED) is 0.845. The molecule has 0 atom stereocenters. The molecule has 0 fully saturated rings. The Hall–Kier alpha value is -1.79. The van der Waals surface area contributed by atoms with Gasteiger partial charge in [0.1, 0.15) is 5.00 Å². The number of carboxylic acid groups (broad SMARTS) is 1. The maximum absolute atomic E-state index is 12.3. The molecule has 1 aromatic heterocycles. The maximum atomic E-state index is 12.3. The molecular formula is C14H13NO3S2. The SMILES string of the molecule is CSc1ccccc1C(=O)Nc1sc(C)cc1C(=O)O. The Bertz CT molecular complexity index is 664. The van der Waals surface area contributed by atoms with Crippen molar-refractivity contribution in [2.24, 2.45) is 0 Å². The van der Waals surface area contributed by atoms with Gasteiger partial charge in [-0.15, -0.1) is 23.1 Å². The van der Waals surface area contributed by atoms with Crippen LogP contribution in [0.4, 0.5) is 5.00 Å². The Labute approximate surface area is 124 Å². The summed E-state index contributed by atoms with van der Waals surface area (Å²) in [6.07, 6.45) is 1.89. The minimum Gasteiger partial charge on any atom is -0.478 e. The van der Waals surface area contributed by atoms with Gasteiger partial charge in [-0.25, -0.2) is 4.79 Å². The van der Waals surface area contributed by atoms with E-state index in [-0.39, 0.29) is 11.5 Å². The normalized spacial score (nSPS) is 10.3. The molecule has 104 valence electrons. The van der Waals surface area contributed by atoms with Crippen LogP contribution >= 0.6 is 23.1 Å². The highest BCUT2D eigenvalue weighted by molar-refractivity contribution is 7.98. The fraction of sp³-hybridized carbons (Fsp3) is 0.143. The van der Waals surface area contributed by atoms with Gasteiger partial charge >= 0.3 is 5.97 Å². The monoisotopic (exact) mass is 307 g/mol. The van der Waals surface area contributed by atoms with Crippen LogP contribution in [0.5, 0.6) is 0 Å². The highest BCUT2D eigenvalue weighted by Gasteiger charge is 2.18. The molecule has 6 heteroatoms. The van der Waals surface area contributed by atoms with Crippen molar-refractivity contribution in [1.29, 1.82) is 0 Å². The lowest BCUT2D eigenvalue weighted by molar-refractivity contribution is 0.0698. The smallest absolute Gasteiger partial charge is 0.338 e. The number of aromatic carboxylic acids is 1. The Morgan fingerprint density at radius 1 is 1.25 bits per heavy atom. The third-order valence-electron chi connectivity index (χ3n) is 2.66. The summed E-state index contributed by atoms with van der Waals surface area (Å²) >= 11 is 2.74. The zero-order valence-electron chi connectivity index (χ0n) is 11.0. The summed E-state index contributed by atoms with van der Waals surface area (Å²) in [6.45, 7) is 1.81. The molecule has 20 heavy (non-hydrogen) atoms. The second-order valence-electron chi connectivity index (χ2n) is 4.06. The fourth-order valence-electron chi connectivity index (χ4n) is 1.77. The molecule has 0 bridgehead atoms. The molecule has 4 nitrogen and oxygen atoms in total. The number of rotatable bonds is 4. The molecule has 0 aliphatic heterocycles. The number of thioether (sulfide) groups is 1. The van der Waals surface area contributed by atoms with Crippen LogP contribution in [0, 0.1) is 6.92 Å². The summed E-state index contributed by atoms with van der Waals surface area (Å²) in [6, 6.07) is 8.79. The van der Waals surface area contributed by atoms with Crippen LogP contribution in [0.2, 0.25) is 0 Å². The standard InChI is InChI=1S/C14H13NO3S2/c1-8-7-10(14(17)18)13(20-8)15-12(16)9-5-3-4-6-11(9)19-2/h3-7H,1-2H3,(H,15,16)(H,17,18). The Morgan fingerprint density at radius 3 is 2.60 bits per heavy atom. The lowest BCUT2D eigenvalue weighted by atomic mass is 10.2. The molecule has 0 radical (unpaired) electrons. The molecule has 2 N–H and O–H groups in total. The zero-order valence-corrected chi connectivity index (χ0v) is 12.6. The zero-order chi connectivity index (χ0) is 14.7. The van der Waals surface area contributed by atoms with Gasteiger partial charge in [-0.05, 0) is 31.4 Å². The minimum absolute atomic E-state index is 0.127. The van der Waals surface area contributed by atoms with Crippen LogP contribution in [0.3, 0.4) is 0 Å². The number of carbonyl (C=O) groups is 2. The average Bonchev–Trinajstić information content (AvgIpc) is 2.79. The van der Waals surface area contributed by atoms with E-state index >= 15 is 0 Å². The molecule has 0 aliphatic rings. The molecule has 1 heterocycles. The lowest BCUT2D eigenvalue weighted by Gasteiger charge is -2.07. The maximum Gasteiger partial charge on any atom is 0.338 e. The van der Waals surface area contributed by atoms with E-state index in [0.29, 0.717) is 10.6 Å². The predicted octanol–water partition coefficient (Wildman–Crippen LogP) is 3.73. The molecule has 0 saturated heterocycles. The van der Waals surface area contributed by atoms with Crippen molar-refractivity contribution in [3.05, 3.63) is 46.3 Å². The fourth-order valence-corrected chi connectivity index (χ4v) is 3.26. The number of carbonyl (C=O) groups excluding carboxylic acids is 1. The van der Waals surface area contributed by atoms with Gasteiger partial charge in [-0.3, -0.25) is 4.79 Å². The highest BCUT2D eigenvalue weighted by Crippen LogP contribution is 2.29. The van der Waals surface area contributed by atoms with E-state index in [9.17, 15) is 9.59 Å². The number of benzene rings is 1. The first-order valence-electron chi connectivity index (χ1n) is 5.81. The molecule has 0 saturated carbocycles. The van der Waals surface area contributed by atoms with E-state index < -0.39 is 5.97 Å². The topological polar surface area (TPSA) is 66.4 Å². The van der Waals surface area contributed by atoms with Gasteiger partial charge in [-0.2, -0.15) is 0 Å². The summed E-state index contributed by atoms with van der Waals surface area (Å²) < 4.78 is 0. The van der Waals surface area contributed by atoms with Crippen molar-refractivity contribution in [2.75, 3.05) is 11.6 Å². The van der Waals surface area contributed by atoms with Crippen LogP contribution in [-0.4, -0.2) is 23.2 Å². The van der Waals surface area contributed by atoms with Crippen molar-refractivity contribution in [3.8, 4) is 0 Å². The van der Waals surface area contributed by atoms with E-state index in [1.807, 2.05) is 25.3 Å². The van der Waals surface area contributed by atoms with Crippen molar-refractivity contribution >= 4 is 40.0 Å². The molecule has 1 amide bonds. The van der Waals surface area contributed by atoms with Crippen LogP contribution in [0.1, 0.15) is 25.6 Å². The highest BCUT2D eigenvalue weighted by atomic mass is 32.2. The first kappa shape index (κ1) is 14.6. The van der Waals surface area contributed by atoms with Gasteiger partial charge in [0.2, 0.25) is 0 Å². The second-order valence-corrected chi connectivity index (χ2v) is 6.16. The van der Waals surface area contributed by atoms with E-state index in [1.165, 1.54) is 23.1 Å². The first-order valence-corrected chi connectivity index (χ1v) is 7.85. The number of nitrogens with one attached hydrogen (secondary N) is 1. The van der Waals surface area contributed by atoms with Gasteiger partial charge in [0.25, 0.3) is 5.91 Å². The minimum atomic E-state index is -1.04. The van der Waals surface area contributed by atoms with E-state index in [4.69, 9.17) is 5.11 Å². The number of hydrogen-bond donors (Lipinski definition) is 2. The van der Waals surface area contributed by atoms with Gasteiger partial charge in [0, 0.05) is 9.77 Å². The van der Waals surface area contributed by atoms with Crippen LogP contribution < -0.4 is 5.32 Å². The van der Waals surface area contributed by atoms with E-state index in [2.05, 4.69) is 5.32 Å². The average molecular weight is 307 g/mol. The summed E-state index contributed by atoms with van der Waals surface area (Å²) in [5.74, 6) is -1.33. The Morgan fingerprint density at radius 2 is 1.95 bits per heavy atom. The molecule has 0 spiro atoms. The van der Waals surface area contributed by atoms with E-state index in [1.54, 1.807) is 18.2 Å². The summed E-state index contributed by atoms with van der Waals surface area (Å²) in [5, 5.41) is 12.2. The molecular weight excluding hydrogens is 294 g/mol. The third-order valence-corrected chi connectivity index (χ3v) is 4.43.